The number of ether oxygens (including phenoxy) is 1. The average molecular weight is 434 g/mol. The number of benzene rings is 1. The minimum atomic E-state index is -0.581. The molecule has 1 aromatic carbocycles. The Morgan fingerprint density at radius 1 is 1.41 bits per heavy atom. The number of hydrogen-bond donors (Lipinski definition) is 1. The first kappa shape index (κ1) is 18.0. The van der Waals surface area contributed by atoms with Gasteiger partial charge in [0.2, 0.25) is 5.58 Å². The van der Waals surface area contributed by atoms with Crippen molar-refractivity contribution in [3.05, 3.63) is 38.9 Å². The molecule has 0 aliphatic carbocycles. The van der Waals surface area contributed by atoms with E-state index in [0.29, 0.717) is 29.9 Å². The molecule has 1 aliphatic rings. The minimum Gasteiger partial charge on any atom is -0.449 e. The van der Waals surface area contributed by atoms with Gasteiger partial charge in [-0.1, -0.05) is 15.9 Å². The summed E-state index contributed by atoms with van der Waals surface area (Å²) in [6, 6.07) is 5.19. The molecule has 7 nitrogen and oxygen atoms in total. The van der Waals surface area contributed by atoms with Gasteiger partial charge in [0.1, 0.15) is 22.5 Å². The molecule has 0 radical (unpaired) electrons. The summed E-state index contributed by atoms with van der Waals surface area (Å²) in [4.78, 5) is 34.2. The molecule has 0 saturated carbocycles. The fraction of sp³-hybridized carbons (Fsp3) is 0.421. The number of nitrogens with one attached hydrogen (secondary N) is 1. The summed E-state index contributed by atoms with van der Waals surface area (Å²) >= 11 is 3.44. The highest BCUT2D eigenvalue weighted by Crippen LogP contribution is 2.33. The molecule has 0 spiro atoms. The Hall–Kier alpha value is -2.35. The molecule has 1 amide bonds. The van der Waals surface area contributed by atoms with Gasteiger partial charge in [-0.05, 0) is 51.8 Å². The van der Waals surface area contributed by atoms with Crippen molar-refractivity contribution in [2.24, 2.45) is 0 Å². The van der Waals surface area contributed by atoms with Crippen molar-refractivity contribution in [2.75, 3.05) is 6.54 Å². The fourth-order valence-corrected chi connectivity index (χ4v) is 3.75. The summed E-state index contributed by atoms with van der Waals surface area (Å²) in [7, 11) is 0. The van der Waals surface area contributed by atoms with Gasteiger partial charge in [-0.15, -0.1) is 0 Å². The SMILES string of the molecule is CC(C)(C)OC(=O)N1CCCC1c1nc2c(oc3ccc(Br)cc32)c(=O)[nH]1. The van der Waals surface area contributed by atoms with Crippen molar-refractivity contribution >= 4 is 44.1 Å². The summed E-state index contributed by atoms with van der Waals surface area (Å²) in [6.07, 6.45) is 1.14. The van der Waals surface area contributed by atoms with Crippen LogP contribution in [0.5, 0.6) is 0 Å². The molecule has 2 aromatic heterocycles. The van der Waals surface area contributed by atoms with Gasteiger partial charge in [-0.25, -0.2) is 9.78 Å². The highest BCUT2D eigenvalue weighted by molar-refractivity contribution is 9.10. The standard InChI is InChI=1S/C19H20BrN3O4/c1-19(2,3)27-18(25)23-8-4-5-12(23)16-21-14-11-9-10(20)6-7-13(11)26-15(14)17(24)22-16/h6-7,9,12H,4-5,8H2,1-3H3,(H,21,22,24). The fourth-order valence-electron chi connectivity index (χ4n) is 3.39. The van der Waals surface area contributed by atoms with E-state index in [4.69, 9.17) is 9.15 Å². The van der Waals surface area contributed by atoms with Crippen LogP contribution in [0.3, 0.4) is 0 Å². The monoisotopic (exact) mass is 433 g/mol. The Morgan fingerprint density at radius 3 is 2.93 bits per heavy atom. The van der Waals surface area contributed by atoms with Gasteiger partial charge in [-0.2, -0.15) is 0 Å². The van der Waals surface area contributed by atoms with Crippen molar-refractivity contribution in [1.29, 1.82) is 0 Å². The smallest absolute Gasteiger partial charge is 0.410 e. The van der Waals surface area contributed by atoms with E-state index in [1.807, 2.05) is 32.9 Å². The third-order valence-electron chi connectivity index (χ3n) is 4.50. The zero-order chi connectivity index (χ0) is 19.3. The lowest BCUT2D eigenvalue weighted by molar-refractivity contribution is 0.0218. The number of fused-ring (bicyclic) bond motifs is 3. The van der Waals surface area contributed by atoms with Crippen LogP contribution < -0.4 is 5.56 Å². The second-order valence-electron chi connectivity index (χ2n) is 7.70. The lowest BCUT2D eigenvalue weighted by atomic mass is 10.2. The van der Waals surface area contributed by atoms with E-state index >= 15 is 0 Å². The second-order valence-corrected chi connectivity index (χ2v) is 8.62. The van der Waals surface area contributed by atoms with Crippen molar-refractivity contribution < 1.29 is 13.9 Å². The van der Waals surface area contributed by atoms with Crippen LogP contribution in [0.2, 0.25) is 0 Å². The first-order valence-electron chi connectivity index (χ1n) is 8.84. The van der Waals surface area contributed by atoms with Crippen LogP contribution in [0, 0.1) is 0 Å². The number of likely N-dealkylation sites (tertiary alicyclic amines) is 1. The van der Waals surface area contributed by atoms with E-state index in [0.717, 1.165) is 16.3 Å². The number of halogens is 1. The number of amides is 1. The molecule has 1 fully saturated rings. The number of furan rings is 1. The molecule has 27 heavy (non-hydrogen) atoms. The van der Waals surface area contributed by atoms with Gasteiger partial charge < -0.3 is 14.1 Å². The summed E-state index contributed by atoms with van der Waals surface area (Å²) in [5.41, 5.74) is 0.356. The molecule has 1 aliphatic heterocycles. The number of rotatable bonds is 1. The molecule has 1 unspecified atom stereocenters. The van der Waals surface area contributed by atoms with Crippen LogP contribution in [0.4, 0.5) is 4.79 Å². The van der Waals surface area contributed by atoms with Crippen LogP contribution in [-0.4, -0.2) is 33.1 Å². The van der Waals surface area contributed by atoms with Gasteiger partial charge in [0.15, 0.2) is 0 Å². The van der Waals surface area contributed by atoms with Crippen molar-refractivity contribution in [3.63, 3.8) is 0 Å². The third-order valence-corrected chi connectivity index (χ3v) is 4.99. The van der Waals surface area contributed by atoms with Crippen LogP contribution in [0.15, 0.2) is 31.9 Å². The Balaban J connectivity index is 1.79. The van der Waals surface area contributed by atoms with Crippen molar-refractivity contribution in [3.8, 4) is 0 Å². The number of aromatic amines is 1. The maximum Gasteiger partial charge on any atom is 0.410 e. The Bertz CT molecular complexity index is 1100. The normalized spacial score (nSPS) is 17.8. The molecule has 1 N–H and O–H groups in total. The van der Waals surface area contributed by atoms with Crippen LogP contribution >= 0.6 is 15.9 Å². The van der Waals surface area contributed by atoms with E-state index < -0.39 is 11.7 Å². The number of hydrogen-bond acceptors (Lipinski definition) is 5. The van der Waals surface area contributed by atoms with Crippen LogP contribution in [0.25, 0.3) is 22.1 Å². The largest absolute Gasteiger partial charge is 0.449 e. The molecule has 0 bridgehead atoms. The number of aromatic nitrogens is 2. The van der Waals surface area contributed by atoms with Gasteiger partial charge in [0, 0.05) is 16.4 Å². The molecule has 1 atom stereocenters. The number of carbonyl (C=O) groups is 1. The third kappa shape index (κ3) is 3.34. The van der Waals surface area contributed by atoms with Crippen molar-refractivity contribution in [1.82, 2.24) is 14.9 Å². The zero-order valence-electron chi connectivity index (χ0n) is 15.3. The highest BCUT2D eigenvalue weighted by Gasteiger charge is 2.35. The highest BCUT2D eigenvalue weighted by atomic mass is 79.9. The Labute approximate surface area is 163 Å². The minimum absolute atomic E-state index is 0.189. The van der Waals surface area contributed by atoms with E-state index in [1.54, 1.807) is 11.0 Å². The maximum absolute atomic E-state index is 12.6. The molecule has 3 aromatic rings. The van der Waals surface area contributed by atoms with E-state index in [1.165, 1.54) is 0 Å². The van der Waals surface area contributed by atoms with Gasteiger partial charge in [0.25, 0.3) is 5.56 Å². The molecule has 3 heterocycles. The number of nitrogens with zero attached hydrogens (tertiary/aromatic N) is 2. The van der Waals surface area contributed by atoms with E-state index in [9.17, 15) is 9.59 Å². The first-order chi connectivity index (χ1) is 12.7. The summed E-state index contributed by atoms with van der Waals surface area (Å²) in [5.74, 6) is 0.457. The second kappa shape index (κ2) is 6.37. The summed E-state index contributed by atoms with van der Waals surface area (Å²) < 4.78 is 12.0. The van der Waals surface area contributed by atoms with Crippen molar-refractivity contribution in [2.45, 2.75) is 45.3 Å². The predicted octanol–water partition coefficient (Wildman–Crippen LogP) is 4.50. The lowest BCUT2D eigenvalue weighted by Crippen LogP contribution is -2.37. The predicted molar refractivity (Wildman–Crippen MR) is 105 cm³/mol. The van der Waals surface area contributed by atoms with Gasteiger partial charge in [-0.3, -0.25) is 9.69 Å². The molecule has 1 saturated heterocycles. The Kier molecular flexibility index (Phi) is 4.25. The quantitative estimate of drug-likeness (QED) is 0.609. The van der Waals surface area contributed by atoms with E-state index in [-0.39, 0.29) is 17.2 Å². The van der Waals surface area contributed by atoms with Gasteiger partial charge >= 0.3 is 6.09 Å². The van der Waals surface area contributed by atoms with Crippen LogP contribution in [0.1, 0.15) is 45.5 Å². The zero-order valence-corrected chi connectivity index (χ0v) is 16.9. The summed E-state index contributed by atoms with van der Waals surface area (Å²) in [6.45, 7) is 6.06. The molecule has 142 valence electrons. The van der Waals surface area contributed by atoms with Crippen LogP contribution in [-0.2, 0) is 4.74 Å². The maximum atomic E-state index is 12.6. The topological polar surface area (TPSA) is 88.4 Å². The van der Waals surface area contributed by atoms with E-state index in [2.05, 4.69) is 25.9 Å². The number of carbonyl (C=O) groups excluding carboxylic acids is 1. The molecule has 4 rings (SSSR count). The first-order valence-corrected chi connectivity index (χ1v) is 9.64. The molecule has 8 heteroatoms. The molecular weight excluding hydrogens is 414 g/mol. The van der Waals surface area contributed by atoms with Gasteiger partial charge in [0.05, 0.1) is 6.04 Å². The summed E-state index contributed by atoms with van der Waals surface area (Å²) in [5, 5.41) is 0.758. The Morgan fingerprint density at radius 2 is 2.19 bits per heavy atom. The lowest BCUT2D eigenvalue weighted by Gasteiger charge is -2.28. The number of H-pyrrole nitrogens is 1. The average Bonchev–Trinajstić information content (AvgIpc) is 3.18. The molecular formula is C19H20BrN3O4.